The first-order valence-electron chi connectivity index (χ1n) is 6.44. The van der Waals surface area contributed by atoms with Crippen LogP contribution in [0.25, 0.3) is 0 Å². The van der Waals surface area contributed by atoms with E-state index >= 15 is 0 Å². The largest absolute Gasteiger partial charge is 0.497 e. The molecule has 0 heterocycles. The second-order valence-electron chi connectivity index (χ2n) is 5.96. The highest BCUT2D eigenvalue weighted by atomic mass is 16.5. The average Bonchev–Trinajstić information content (AvgIpc) is 2.34. The monoisotopic (exact) mass is 250 g/mol. The van der Waals surface area contributed by atoms with Crippen LogP contribution < -0.4 is 15.4 Å². The molecule has 1 atom stereocenters. The Morgan fingerprint density at radius 2 is 1.78 bits per heavy atom. The molecule has 1 rings (SSSR count). The first kappa shape index (κ1) is 14.8. The Kier molecular flexibility index (Phi) is 5.03. The molecule has 0 aliphatic heterocycles. The molecule has 3 nitrogen and oxygen atoms in total. The maximum atomic E-state index is 5.91. The summed E-state index contributed by atoms with van der Waals surface area (Å²) in [7, 11) is 3.78. The van der Waals surface area contributed by atoms with Gasteiger partial charge in [0, 0.05) is 25.3 Å². The third kappa shape index (κ3) is 4.22. The molecule has 0 aliphatic carbocycles. The quantitative estimate of drug-likeness (QED) is 0.873. The molecule has 1 aromatic rings. The fraction of sp³-hybridized carbons (Fsp3) is 0.600. The summed E-state index contributed by atoms with van der Waals surface area (Å²) in [5.74, 6) is 0.882. The topological polar surface area (TPSA) is 38.5 Å². The molecule has 0 fully saturated rings. The van der Waals surface area contributed by atoms with E-state index < -0.39 is 0 Å². The van der Waals surface area contributed by atoms with Crippen LogP contribution in [-0.2, 0) is 0 Å². The summed E-state index contributed by atoms with van der Waals surface area (Å²) in [4.78, 5) is 2.25. The van der Waals surface area contributed by atoms with Crippen molar-refractivity contribution in [2.45, 2.75) is 33.2 Å². The van der Waals surface area contributed by atoms with Crippen LogP contribution in [0.1, 0.15) is 27.2 Å². The summed E-state index contributed by atoms with van der Waals surface area (Å²) < 4.78 is 5.17. The molecular formula is C15H26N2O. The lowest BCUT2D eigenvalue weighted by Crippen LogP contribution is -2.40. The van der Waals surface area contributed by atoms with E-state index in [2.05, 4.69) is 44.9 Å². The molecule has 1 aromatic carbocycles. The number of benzene rings is 1. The van der Waals surface area contributed by atoms with Crippen molar-refractivity contribution in [2.24, 2.45) is 11.1 Å². The van der Waals surface area contributed by atoms with Crippen LogP contribution >= 0.6 is 0 Å². The summed E-state index contributed by atoms with van der Waals surface area (Å²) in [5, 5.41) is 0. The Bertz CT molecular complexity index is 354. The lowest BCUT2D eigenvalue weighted by molar-refractivity contribution is 0.336. The zero-order chi connectivity index (χ0) is 13.8. The number of nitrogens with zero attached hydrogens (tertiary/aromatic N) is 1. The fourth-order valence-electron chi connectivity index (χ4n) is 2.11. The van der Waals surface area contributed by atoms with Crippen molar-refractivity contribution in [3.63, 3.8) is 0 Å². The molecule has 102 valence electrons. The molecule has 0 saturated carbocycles. The molecule has 0 amide bonds. The summed E-state index contributed by atoms with van der Waals surface area (Å²) in [6.45, 7) is 7.41. The molecule has 0 aliphatic rings. The zero-order valence-corrected chi connectivity index (χ0v) is 12.2. The maximum Gasteiger partial charge on any atom is 0.119 e. The van der Waals surface area contributed by atoms with Crippen LogP contribution in [0.15, 0.2) is 24.3 Å². The van der Waals surface area contributed by atoms with E-state index in [4.69, 9.17) is 10.5 Å². The van der Waals surface area contributed by atoms with Gasteiger partial charge in [0.05, 0.1) is 7.11 Å². The van der Waals surface area contributed by atoms with Gasteiger partial charge in [-0.25, -0.2) is 0 Å². The number of nitrogens with two attached hydrogens (primary N) is 1. The van der Waals surface area contributed by atoms with Crippen LogP contribution in [0, 0.1) is 5.41 Å². The van der Waals surface area contributed by atoms with Crippen LogP contribution in [0.2, 0.25) is 0 Å². The van der Waals surface area contributed by atoms with Gasteiger partial charge in [-0.1, -0.05) is 20.8 Å². The van der Waals surface area contributed by atoms with Crippen molar-refractivity contribution < 1.29 is 4.74 Å². The normalized spacial score (nSPS) is 13.2. The number of anilines is 1. The van der Waals surface area contributed by atoms with Gasteiger partial charge in [-0.05, 0) is 36.1 Å². The van der Waals surface area contributed by atoms with Crippen LogP contribution in [-0.4, -0.2) is 26.7 Å². The van der Waals surface area contributed by atoms with E-state index in [1.54, 1.807) is 7.11 Å². The molecule has 2 N–H and O–H groups in total. The van der Waals surface area contributed by atoms with Gasteiger partial charge in [-0.15, -0.1) is 0 Å². The van der Waals surface area contributed by atoms with E-state index in [0.29, 0.717) is 12.6 Å². The first-order chi connectivity index (χ1) is 8.37. The lowest BCUT2D eigenvalue weighted by Gasteiger charge is -2.34. The van der Waals surface area contributed by atoms with Crippen LogP contribution in [0.5, 0.6) is 5.75 Å². The number of rotatable bonds is 5. The predicted octanol–water partition coefficient (Wildman–Crippen LogP) is 2.89. The van der Waals surface area contributed by atoms with Gasteiger partial charge in [0.1, 0.15) is 5.75 Å². The Balaban J connectivity index is 2.79. The van der Waals surface area contributed by atoms with Crippen molar-refractivity contribution in [1.82, 2.24) is 0 Å². The minimum atomic E-state index is 0.283. The van der Waals surface area contributed by atoms with Crippen molar-refractivity contribution >= 4 is 5.69 Å². The van der Waals surface area contributed by atoms with Gasteiger partial charge in [-0.3, -0.25) is 0 Å². The van der Waals surface area contributed by atoms with Crippen molar-refractivity contribution in [3.05, 3.63) is 24.3 Å². The Morgan fingerprint density at radius 3 is 2.17 bits per heavy atom. The number of ether oxygens (including phenoxy) is 1. The molecule has 0 bridgehead atoms. The molecule has 3 heteroatoms. The third-order valence-corrected chi connectivity index (χ3v) is 3.15. The Hall–Kier alpha value is -1.22. The van der Waals surface area contributed by atoms with E-state index in [0.717, 1.165) is 12.2 Å². The van der Waals surface area contributed by atoms with Crippen molar-refractivity contribution in [2.75, 3.05) is 25.6 Å². The smallest absolute Gasteiger partial charge is 0.119 e. The summed E-state index contributed by atoms with van der Waals surface area (Å²) in [6, 6.07) is 8.47. The molecule has 0 spiro atoms. The van der Waals surface area contributed by atoms with Crippen molar-refractivity contribution in [1.29, 1.82) is 0 Å². The van der Waals surface area contributed by atoms with E-state index in [1.165, 1.54) is 5.69 Å². The predicted molar refractivity (Wildman–Crippen MR) is 78.3 cm³/mol. The number of methoxy groups -OCH3 is 1. The molecule has 0 aromatic heterocycles. The zero-order valence-electron chi connectivity index (χ0n) is 12.2. The SMILES string of the molecule is COc1ccc(N(C)C(CN)CC(C)(C)C)cc1. The summed E-state index contributed by atoms with van der Waals surface area (Å²) >= 11 is 0. The minimum absolute atomic E-state index is 0.283. The third-order valence-electron chi connectivity index (χ3n) is 3.15. The highest BCUT2D eigenvalue weighted by Gasteiger charge is 2.21. The number of hydrogen-bond donors (Lipinski definition) is 1. The molecule has 1 unspecified atom stereocenters. The van der Waals surface area contributed by atoms with Gasteiger partial charge in [0.25, 0.3) is 0 Å². The number of hydrogen-bond acceptors (Lipinski definition) is 3. The van der Waals surface area contributed by atoms with Crippen LogP contribution in [0.4, 0.5) is 5.69 Å². The number of likely N-dealkylation sites (N-methyl/N-ethyl adjacent to an activating group) is 1. The van der Waals surface area contributed by atoms with Crippen LogP contribution in [0.3, 0.4) is 0 Å². The highest BCUT2D eigenvalue weighted by molar-refractivity contribution is 5.49. The van der Waals surface area contributed by atoms with E-state index in [-0.39, 0.29) is 5.41 Å². The van der Waals surface area contributed by atoms with E-state index in [9.17, 15) is 0 Å². The maximum absolute atomic E-state index is 5.91. The van der Waals surface area contributed by atoms with Gasteiger partial charge in [0.2, 0.25) is 0 Å². The molecular weight excluding hydrogens is 224 g/mol. The van der Waals surface area contributed by atoms with Crippen molar-refractivity contribution in [3.8, 4) is 5.75 Å². The Labute approximate surface area is 111 Å². The van der Waals surface area contributed by atoms with Gasteiger partial charge in [-0.2, -0.15) is 0 Å². The van der Waals surface area contributed by atoms with Gasteiger partial charge in [0.15, 0.2) is 0 Å². The van der Waals surface area contributed by atoms with Gasteiger partial charge < -0.3 is 15.4 Å². The minimum Gasteiger partial charge on any atom is -0.497 e. The molecule has 0 radical (unpaired) electrons. The highest BCUT2D eigenvalue weighted by Crippen LogP contribution is 2.26. The second kappa shape index (κ2) is 6.10. The fourth-order valence-corrected chi connectivity index (χ4v) is 2.11. The lowest BCUT2D eigenvalue weighted by atomic mass is 9.87. The molecule has 18 heavy (non-hydrogen) atoms. The second-order valence-corrected chi connectivity index (χ2v) is 5.96. The summed E-state index contributed by atoms with van der Waals surface area (Å²) in [5.41, 5.74) is 7.37. The van der Waals surface area contributed by atoms with E-state index in [1.807, 2.05) is 12.1 Å². The average molecular weight is 250 g/mol. The first-order valence-corrected chi connectivity index (χ1v) is 6.44. The standard InChI is InChI=1S/C15H26N2O/c1-15(2,3)10-13(11-16)17(4)12-6-8-14(18-5)9-7-12/h6-9,13H,10-11,16H2,1-5H3. The summed E-state index contributed by atoms with van der Waals surface area (Å²) in [6.07, 6.45) is 1.08. The molecule has 0 saturated heterocycles. The van der Waals surface area contributed by atoms with Gasteiger partial charge >= 0.3 is 0 Å². The Morgan fingerprint density at radius 1 is 1.22 bits per heavy atom.